The van der Waals surface area contributed by atoms with Crippen LogP contribution in [0.5, 0.6) is 0 Å². The molecule has 0 fully saturated rings. The molecule has 1 aromatic carbocycles. The highest BCUT2D eigenvalue weighted by Crippen LogP contribution is 2.20. The highest BCUT2D eigenvalue weighted by atomic mass is 15.1. The Morgan fingerprint density at radius 3 is 1.95 bits per heavy atom. The van der Waals surface area contributed by atoms with Gasteiger partial charge in [0.2, 0.25) is 0 Å². The van der Waals surface area contributed by atoms with Crippen molar-refractivity contribution in [1.29, 1.82) is 0 Å². The van der Waals surface area contributed by atoms with E-state index in [4.69, 9.17) is 0 Å². The van der Waals surface area contributed by atoms with Crippen LogP contribution in [0.2, 0.25) is 0 Å². The minimum Gasteiger partial charge on any atom is -0.348 e. The van der Waals surface area contributed by atoms with Crippen molar-refractivity contribution in [3.8, 4) is 0 Å². The smallest absolute Gasteiger partial charge is 0.0405 e. The van der Waals surface area contributed by atoms with Gasteiger partial charge in [0, 0.05) is 18.4 Å². The van der Waals surface area contributed by atoms with E-state index in [9.17, 15) is 0 Å². The fourth-order valence-corrected chi connectivity index (χ4v) is 1.97. The molecule has 0 heterocycles. The van der Waals surface area contributed by atoms with E-state index in [-0.39, 0.29) is 0 Å². The van der Waals surface area contributed by atoms with E-state index in [2.05, 4.69) is 76.9 Å². The molecule has 1 nitrogen and oxygen atoms in total. The molecule has 1 rings (SSSR count). The van der Waals surface area contributed by atoms with E-state index in [1.165, 1.54) is 28.1 Å². The lowest BCUT2D eigenvalue weighted by atomic mass is 10.1. The van der Waals surface area contributed by atoms with Crippen molar-refractivity contribution >= 4 is 5.69 Å². The molecule has 0 saturated carbocycles. The van der Waals surface area contributed by atoms with E-state index < -0.39 is 0 Å². The Kier molecular flexibility index (Phi) is 9.53. The number of hydrogen-bond donors (Lipinski definition) is 0. The van der Waals surface area contributed by atoms with E-state index in [0.717, 1.165) is 12.8 Å². The summed E-state index contributed by atoms with van der Waals surface area (Å²) in [6.07, 6.45) is 4.48. The van der Waals surface area contributed by atoms with Crippen molar-refractivity contribution in [1.82, 2.24) is 0 Å². The second kappa shape index (κ2) is 10.3. The molecule has 0 radical (unpaired) electrons. The molecule has 0 aliphatic heterocycles. The van der Waals surface area contributed by atoms with Crippen molar-refractivity contribution in [3.05, 3.63) is 52.7 Å². The average Bonchev–Trinajstić information content (AvgIpc) is 2.55. The van der Waals surface area contributed by atoms with E-state index in [0.29, 0.717) is 0 Å². The molecule has 0 amide bonds. The van der Waals surface area contributed by atoms with Crippen LogP contribution in [0.3, 0.4) is 0 Å². The van der Waals surface area contributed by atoms with Gasteiger partial charge in [-0.3, -0.25) is 0 Å². The summed E-state index contributed by atoms with van der Waals surface area (Å²) >= 11 is 0. The molecule has 0 saturated heterocycles. The van der Waals surface area contributed by atoms with Gasteiger partial charge >= 0.3 is 0 Å². The maximum absolute atomic E-state index is 2.27. The molecule has 0 unspecified atom stereocenters. The Hall–Kier alpha value is -1.50. The van der Waals surface area contributed by atoms with Gasteiger partial charge in [-0.2, -0.15) is 0 Å². The Morgan fingerprint density at radius 2 is 1.52 bits per heavy atom. The third kappa shape index (κ3) is 6.20. The lowest BCUT2D eigenvalue weighted by Gasteiger charge is -2.21. The van der Waals surface area contributed by atoms with Gasteiger partial charge < -0.3 is 4.90 Å². The molecule has 118 valence electrons. The second-order valence-electron chi connectivity index (χ2n) is 5.18. The fraction of sp³-hybridized carbons (Fsp3) is 0.500. The van der Waals surface area contributed by atoms with Crippen molar-refractivity contribution < 1.29 is 0 Å². The quantitative estimate of drug-likeness (QED) is 0.569. The van der Waals surface area contributed by atoms with Crippen molar-refractivity contribution in [2.75, 3.05) is 11.9 Å². The highest BCUT2D eigenvalue weighted by Gasteiger charge is 2.03. The first-order chi connectivity index (χ1) is 9.99. The number of benzene rings is 1. The minimum atomic E-state index is 1.09. The number of nitrogens with zero attached hydrogens (tertiary/aromatic N) is 1. The van der Waals surface area contributed by atoms with Crippen LogP contribution >= 0.6 is 0 Å². The molecule has 0 spiro atoms. The molecule has 0 aromatic heterocycles. The van der Waals surface area contributed by atoms with Crippen LogP contribution in [0.4, 0.5) is 5.69 Å². The van der Waals surface area contributed by atoms with Crippen LogP contribution in [0.25, 0.3) is 0 Å². The summed E-state index contributed by atoms with van der Waals surface area (Å²) in [7, 11) is 2.13. The molecule has 1 heteroatoms. The monoisotopic (exact) mass is 287 g/mol. The van der Waals surface area contributed by atoms with Crippen LogP contribution < -0.4 is 4.90 Å². The van der Waals surface area contributed by atoms with Gasteiger partial charge in [-0.15, -0.1) is 0 Å². The largest absolute Gasteiger partial charge is 0.348 e. The molecule has 21 heavy (non-hydrogen) atoms. The molecule has 0 atom stereocenters. The highest BCUT2D eigenvalue weighted by molar-refractivity contribution is 5.52. The molecular formula is C20H33N. The van der Waals surface area contributed by atoms with Crippen molar-refractivity contribution in [2.24, 2.45) is 0 Å². The third-order valence-corrected chi connectivity index (χ3v) is 3.89. The predicted molar refractivity (Wildman–Crippen MR) is 98.0 cm³/mol. The SMILES string of the molecule is CC.CC/C(C)=C(C)/C=C(/C)N(C)c1ccc(CC)cc1. The zero-order chi connectivity index (χ0) is 16.4. The fourth-order valence-electron chi connectivity index (χ4n) is 1.97. The standard InChI is InChI=1S/C18H27N.C2H6/c1-7-14(3)15(4)13-16(5)19(6)18-11-9-17(8-2)10-12-18;1-2/h9-13H,7-8H2,1-6H3;1-2H3/b15-14+,16-13-;. The summed E-state index contributed by atoms with van der Waals surface area (Å²) in [5, 5.41) is 0. The van der Waals surface area contributed by atoms with Crippen molar-refractivity contribution in [2.45, 2.75) is 61.3 Å². The molecule has 0 aliphatic rings. The van der Waals surface area contributed by atoms with Crippen LogP contribution in [-0.2, 0) is 6.42 Å². The maximum atomic E-state index is 2.27. The number of hydrogen-bond acceptors (Lipinski definition) is 1. The summed E-state index contributed by atoms with van der Waals surface area (Å²) in [6.45, 7) is 15.0. The maximum Gasteiger partial charge on any atom is 0.0405 e. The number of rotatable bonds is 5. The normalized spacial score (nSPS) is 12.3. The third-order valence-electron chi connectivity index (χ3n) is 3.89. The van der Waals surface area contributed by atoms with E-state index in [1.807, 2.05) is 13.8 Å². The summed E-state index contributed by atoms with van der Waals surface area (Å²) in [5.41, 5.74) is 6.73. The van der Waals surface area contributed by atoms with Gasteiger partial charge in [0.1, 0.15) is 0 Å². The first-order valence-electron chi connectivity index (χ1n) is 8.16. The summed E-state index contributed by atoms with van der Waals surface area (Å²) in [5.74, 6) is 0. The van der Waals surface area contributed by atoms with Gasteiger partial charge in [0.05, 0.1) is 0 Å². The number of allylic oxidation sites excluding steroid dienone is 4. The van der Waals surface area contributed by atoms with Gasteiger partial charge in [-0.1, -0.05) is 51.0 Å². The molecule has 1 aromatic rings. The topological polar surface area (TPSA) is 3.24 Å². The Bertz CT molecular complexity index is 463. The molecular weight excluding hydrogens is 254 g/mol. The summed E-state index contributed by atoms with van der Waals surface area (Å²) in [6, 6.07) is 8.81. The number of anilines is 1. The van der Waals surface area contributed by atoms with Gasteiger partial charge in [-0.25, -0.2) is 0 Å². The lowest BCUT2D eigenvalue weighted by molar-refractivity contribution is 1.05. The zero-order valence-corrected chi connectivity index (χ0v) is 15.2. The van der Waals surface area contributed by atoms with Crippen LogP contribution in [-0.4, -0.2) is 7.05 Å². The summed E-state index contributed by atoms with van der Waals surface area (Å²) in [4.78, 5) is 2.24. The molecule has 0 aliphatic carbocycles. The first-order valence-corrected chi connectivity index (χ1v) is 8.16. The summed E-state index contributed by atoms with van der Waals surface area (Å²) < 4.78 is 0. The average molecular weight is 287 g/mol. The second-order valence-corrected chi connectivity index (χ2v) is 5.18. The van der Waals surface area contributed by atoms with Gasteiger partial charge in [-0.05, 0) is 57.4 Å². The van der Waals surface area contributed by atoms with Gasteiger partial charge in [0.15, 0.2) is 0 Å². The Balaban J connectivity index is 0.00000191. The van der Waals surface area contributed by atoms with Crippen LogP contribution in [0.1, 0.15) is 60.5 Å². The Labute approximate surface area is 132 Å². The van der Waals surface area contributed by atoms with Gasteiger partial charge in [0.25, 0.3) is 0 Å². The van der Waals surface area contributed by atoms with Crippen molar-refractivity contribution in [3.63, 3.8) is 0 Å². The Morgan fingerprint density at radius 1 is 1.00 bits per heavy atom. The predicted octanol–water partition coefficient (Wildman–Crippen LogP) is 6.36. The van der Waals surface area contributed by atoms with Crippen LogP contribution in [0.15, 0.2) is 47.2 Å². The van der Waals surface area contributed by atoms with E-state index >= 15 is 0 Å². The zero-order valence-electron chi connectivity index (χ0n) is 15.2. The lowest BCUT2D eigenvalue weighted by Crippen LogP contribution is -2.14. The minimum absolute atomic E-state index is 1.09. The molecule has 0 bridgehead atoms. The first kappa shape index (κ1) is 19.5. The van der Waals surface area contributed by atoms with E-state index in [1.54, 1.807) is 0 Å². The van der Waals surface area contributed by atoms with Crippen LogP contribution in [0, 0.1) is 0 Å². The molecule has 0 N–H and O–H groups in total. The number of aryl methyl sites for hydroxylation is 1.